The first-order chi connectivity index (χ1) is 7.71. The normalized spacial score (nSPS) is 13.6. The van der Waals surface area contributed by atoms with Crippen LogP contribution < -0.4 is 5.32 Å². The highest BCUT2D eigenvalue weighted by atomic mass is 35.5. The van der Waals surface area contributed by atoms with Crippen molar-refractivity contribution < 1.29 is 18.3 Å². The molecule has 1 heterocycles. The van der Waals surface area contributed by atoms with E-state index < -0.39 is 18.8 Å². The Bertz CT molecular complexity index is 414. The molecule has 0 fully saturated rings. The van der Waals surface area contributed by atoms with E-state index in [1.54, 1.807) is 0 Å². The lowest BCUT2D eigenvalue weighted by Crippen LogP contribution is -2.35. The maximum atomic E-state index is 12.0. The number of halogens is 6. The molecule has 0 spiro atoms. The van der Waals surface area contributed by atoms with Crippen molar-refractivity contribution in [3.8, 4) is 0 Å². The molecule has 0 aliphatic heterocycles. The van der Waals surface area contributed by atoms with E-state index in [0.717, 1.165) is 0 Å². The van der Waals surface area contributed by atoms with E-state index in [1.165, 1.54) is 6.07 Å². The van der Waals surface area contributed by atoms with Crippen molar-refractivity contribution in [2.45, 2.75) is 12.3 Å². The van der Waals surface area contributed by atoms with Crippen molar-refractivity contribution in [1.29, 1.82) is 0 Å². The average molecular weight is 310 g/mol. The Kier molecular flexibility index (Phi) is 4.71. The Hall–Kier alpha value is -0.430. The summed E-state index contributed by atoms with van der Waals surface area (Å²) in [6.45, 7) is -0.784. The summed E-state index contributed by atoms with van der Waals surface area (Å²) in [5, 5.41) is 11.0. The van der Waals surface area contributed by atoms with Gasteiger partial charge in [0.15, 0.2) is 6.10 Å². The third-order valence-electron chi connectivity index (χ3n) is 1.73. The number of aromatic nitrogens is 1. The molecule has 0 aliphatic rings. The van der Waals surface area contributed by atoms with Crippen LogP contribution in [0.2, 0.25) is 15.2 Å². The molecule has 1 aromatic rings. The van der Waals surface area contributed by atoms with Crippen LogP contribution in [0.1, 0.15) is 0 Å². The zero-order valence-electron chi connectivity index (χ0n) is 8.02. The second kappa shape index (κ2) is 5.48. The van der Waals surface area contributed by atoms with Gasteiger partial charge in [0.1, 0.15) is 11.0 Å². The van der Waals surface area contributed by atoms with Crippen LogP contribution in [0, 0.1) is 0 Å². The molecule has 0 saturated carbocycles. The number of hydrogen-bond donors (Lipinski definition) is 2. The summed E-state index contributed by atoms with van der Waals surface area (Å²) in [5.74, 6) is -0.0793. The van der Waals surface area contributed by atoms with Gasteiger partial charge in [-0.2, -0.15) is 13.2 Å². The molecular formula is C8H6Cl3F3N2O. The van der Waals surface area contributed by atoms with E-state index in [4.69, 9.17) is 39.9 Å². The summed E-state index contributed by atoms with van der Waals surface area (Å²) in [4.78, 5) is 3.64. The van der Waals surface area contributed by atoms with Gasteiger partial charge in [0.2, 0.25) is 0 Å². The van der Waals surface area contributed by atoms with Crippen LogP contribution in [-0.2, 0) is 0 Å². The number of pyridine rings is 1. The van der Waals surface area contributed by atoms with Crippen molar-refractivity contribution in [3.63, 3.8) is 0 Å². The molecule has 1 rings (SSSR count). The van der Waals surface area contributed by atoms with Crippen LogP contribution in [0.3, 0.4) is 0 Å². The number of nitrogens with zero attached hydrogens (tertiary/aromatic N) is 1. The van der Waals surface area contributed by atoms with Crippen LogP contribution in [0.15, 0.2) is 6.07 Å². The summed E-state index contributed by atoms with van der Waals surface area (Å²) in [7, 11) is 0. The third-order valence-corrected chi connectivity index (χ3v) is 2.69. The standard InChI is InChI=1S/C8H6Cl3F3N2O/c9-3-1-4(10)7(16-6(3)11)15-2-5(17)8(12,13)14/h1,5,17H,2H2,(H,15,16). The van der Waals surface area contributed by atoms with E-state index >= 15 is 0 Å². The highest BCUT2D eigenvalue weighted by Crippen LogP contribution is 2.29. The van der Waals surface area contributed by atoms with Crippen molar-refractivity contribution >= 4 is 40.6 Å². The van der Waals surface area contributed by atoms with Crippen LogP contribution in [0.4, 0.5) is 19.0 Å². The maximum absolute atomic E-state index is 12.0. The van der Waals surface area contributed by atoms with E-state index in [2.05, 4.69) is 10.3 Å². The molecule has 0 bridgehead atoms. The van der Waals surface area contributed by atoms with Crippen molar-refractivity contribution in [1.82, 2.24) is 4.98 Å². The van der Waals surface area contributed by atoms with Gasteiger partial charge in [-0.1, -0.05) is 34.8 Å². The number of nitrogens with one attached hydrogen (secondary N) is 1. The molecule has 3 nitrogen and oxygen atoms in total. The predicted molar refractivity (Wildman–Crippen MR) is 59.8 cm³/mol. The van der Waals surface area contributed by atoms with Gasteiger partial charge >= 0.3 is 6.18 Å². The summed E-state index contributed by atoms with van der Waals surface area (Å²) in [5.41, 5.74) is 0. The highest BCUT2D eigenvalue weighted by molar-refractivity contribution is 6.42. The second-order valence-electron chi connectivity index (χ2n) is 3.03. The minimum absolute atomic E-state index is 0.00812. The lowest BCUT2D eigenvalue weighted by molar-refractivity contribution is -0.198. The lowest BCUT2D eigenvalue weighted by Gasteiger charge is -2.16. The van der Waals surface area contributed by atoms with Crippen LogP contribution >= 0.6 is 34.8 Å². The summed E-state index contributed by atoms with van der Waals surface area (Å²) in [6, 6.07) is 1.24. The quantitative estimate of drug-likeness (QED) is 0.841. The minimum Gasteiger partial charge on any atom is -0.382 e. The molecule has 0 aromatic carbocycles. The Morgan fingerprint density at radius 3 is 2.41 bits per heavy atom. The largest absolute Gasteiger partial charge is 0.416 e. The zero-order valence-corrected chi connectivity index (χ0v) is 10.3. The van der Waals surface area contributed by atoms with Crippen LogP contribution in [0.25, 0.3) is 0 Å². The van der Waals surface area contributed by atoms with Gasteiger partial charge in [0, 0.05) is 0 Å². The van der Waals surface area contributed by atoms with Crippen LogP contribution in [0.5, 0.6) is 0 Å². The maximum Gasteiger partial charge on any atom is 0.416 e. The van der Waals surface area contributed by atoms with Gasteiger partial charge in [0.05, 0.1) is 16.6 Å². The fourth-order valence-electron chi connectivity index (χ4n) is 0.877. The molecule has 96 valence electrons. The molecule has 0 amide bonds. The minimum atomic E-state index is -4.71. The molecule has 0 aliphatic carbocycles. The fourth-order valence-corrected chi connectivity index (χ4v) is 1.44. The van der Waals surface area contributed by atoms with E-state index in [-0.39, 0.29) is 21.0 Å². The molecule has 0 saturated heterocycles. The number of aliphatic hydroxyl groups excluding tert-OH is 1. The SMILES string of the molecule is OC(CNc1nc(Cl)c(Cl)cc1Cl)C(F)(F)F. The molecule has 0 radical (unpaired) electrons. The monoisotopic (exact) mass is 308 g/mol. The van der Waals surface area contributed by atoms with Crippen molar-refractivity contribution in [2.24, 2.45) is 0 Å². The van der Waals surface area contributed by atoms with E-state index in [9.17, 15) is 13.2 Å². The number of anilines is 1. The van der Waals surface area contributed by atoms with Gasteiger partial charge in [0.25, 0.3) is 0 Å². The fraction of sp³-hybridized carbons (Fsp3) is 0.375. The van der Waals surface area contributed by atoms with Crippen molar-refractivity contribution in [2.75, 3.05) is 11.9 Å². The Morgan fingerprint density at radius 1 is 1.29 bits per heavy atom. The molecular weight excluding hydrogens is 303 g/mol. The first-order valence-corrected chi connectivity index (χ1v) is 5.35. The zero-order chi connectivity index (χ0) is 13.2. The third kappa shape index (κ3) is 4.06. The van der Waals surface area contributed by atoms with E-state index in [1.807, 2.05) is 0 Å². The molecule has 2 N–H and O–H groups in total. The molecule has 1 aromatic heterocycles. The Balaban J connectivity index is 2.73. The highest BCUT2D eigenvalue weighted by Gasteiger charge is 2.38. The number of hydrogen-bond acceptors (Lipinski definition) is 3. The molecule has 9 heteroatoms. The first-order valence-electron chi connectivity index (χ1n) is 4.22. The first kappa shape index (κ1) is 14.6. The number of aliphatic hydroxyl groups is 1. The van der Waals surface area contributed by atoms with Crippen molar-refractivity contribution in [3.05, 3.63) is 21.3 Å². The Morgan fingerprint density at radius 2 is 1.88 bits per heavy atom. The van der Waals surface area contributed by atoms with Gasteiger partial charge < -0.3 is 10.4 Å². The van der Waals surface area contributed by atoms with Gasteiger partial charge in [-0.3, -0.25) is 0 Å². The number of rotatable bonds is 3. The lowest BCUT2D eigenvalue weighted by atomic mass is 10.3. The molecule has 1 unspecified atom stereocenters. The van der Waals surface area contributed by atoms with Gasteiger partial charge in [-0.15, -0.1) is 0 Å². The Labute approximate surface area is 109 Å². The molecule has 17 heavy (non-hydrogen) atoms. The average Bonchev–Trinajstić information content (AvgIpc) is 2.19. The van der Waals surface area contributed by atoms with E-state index in [0.29, 0.717) is 0 Å². The topological polar surface area (TPSA) is 45.1 Å². The van der Waals surface area contributed by atoms with Gasteiger partial charge in [-0.05, 0) is 6.07 Å². The molecule has 1 atom stereocenters. The summed E-state index contributed by atoms with van der Waals surface area (Å²) in [6.07, 6.45) is -7.23. The number of alkyl halides is 3. The predicted octanol–water partition coefficient (Wildman–Crippen LogP) is 3.38. The van der Waals surface area contributed by atoms with Gasteiger partial charge in [-0.25, -0.2) is 4.98 Å². The smallest absolute Gasteiger partial charge is 0.382 e. The summed E-state index contributed by atoms with van der Waals surface area (Å²) < 4.78 is 36.0. The summed E-state index contributed by atoms with van der Waals surface area (Å²) >= 11 is 16.8. The van der Waals surface area contributed by atoms with Crippen LogP contribution in [-0.4, -0.2) is 28.9 Å². The second-order valence-corrected chi connectivity index (χ2v) is 4.20.